The Balaban J connectivity index is 4.31. The maximum absolute atomic E-state index is 11.3. The number of carbonyl (C=O) groups excluding carboxylic acids is 1. The SMILES string of the molecule is CCOC(=O)CN(C)S(=O)(=O)NB(C)O. The molecular weight excluding hydrogens is 223 g/mol. The van der Waals surface area contributed by atoms with Crippen molar-refractivity contribution in [3.8, 4) is 0 Å². The maximum atomic E-state index is 11.3. The minimum absolute atomic E-state index is 0.191. The predicted molar refractivity (Wildman–Crippen MR) is 55.2 cm³/mol. The molecule has 7 nitrogen and oxygen atoms in total. The molecule has 0 bridgehead atoms. The van der Waals surface area contributed by atoms with E-state index in [0.717, 1.165) is 4.31 Å². The largest absolute Gasteiger partial charge is 0.465 e. The van der Waals surface area contributed by atoms with E-state index in [0.29, 0.717) is 0 Å². The monoisotopic (exact) mass is 238 g/mol. The number of likely N-dealkylation sites (N-methyl/N-ethyl adjacent to an activating group) is 1. The third kappa shape index (κ3) is 5.72. The highest BCUT2D eigenvalue weighted by Crippen LogP contribution is 1.94. The van der Waals surface area contributed by atoms with Gasteiger partial charge >= 0.3 is 13.0 Å². The van der Waals surface area contributed by atoms with E-state index in [9.17, 15) is 13.2 Å². The van der Waals surface area contributed by atoms with Gasteiger partial charge in [0.05, 0.1) is 6.61 Å². The number of rotatable bonds is 6. The second-order valence-electron chi connectivity index (χ2n) is 2.86. The summed E-state index contributed by atoms with van der Waals surface area (Å²) in [6, 6.07) is 0. The summed E-state index contributed by atoms with van der Waals surface area (Å²) in [5.74, 6) is -0.643. The van der Waals surface area contributed by atoms with Crippen molar-refractivity contribution >= 4 is 23.2 Å². The predicted octanol–water partition coefficient (Wildman–Crippen LogP) is -1.57. The van der Waals surface area contributed by atoms with Crippen molar-refractivity contribution in [2.75, 3.05) is 20.2 Å². The molecule has 0 saturated heterocycles. The Morgan fingerprint density at radius 3 is 2.53 bits per heavy atom. The van der Waals surface area contributed by atoms with E-state index in [1.54, 1.807) is 6.92 Å². The van der Waals surface area contributed by atoms with Crippen LogP contribution in [0.1, 0.15) is 6.92 Å². The van der Waals surface area contributed by atoms with Crippen LogP contribution in [0.15, 0.2) is 0 Å². The molecule has 0 unspecified atom stereocenters. The molecule has 0 aliphatic rings. The molecular formula is C6H15BN2O5S. The molecule has 0 amide bonds. The van der Waals surface area contributed by atoms with E-state index in [1.807, 2.05) is 4.63 Å². The molecule has 0 aromatic heterocycles. The van der Waals surface area contributed by atoms with Crippen LogP contribution in [0.4, 0.5) is 0 Å². The van der Waals surface area contributed by atoms with Crippen molar-refractivity contribution in [1.82, 2.24) is 8.94 Å². The lowest BCUT2D eigenvalue weighted by atomic mass is 9.92. The minimum atomic E-state index is -3.84. The van der Waals surface area contributed by atoms with Gasteiger partial charge in [-0.3, -0.25) is 4.79 Å². The van der Waals surface area contributed by atoms with Crippen LogP contribution in [-0.4, -0.2) is 51.0 Å². The van der Waals surface area contributed by atoms with Crippen LogP contribution < -0.4 is 4.63 Å². The second-order valence-corrected chi connectivity index (χ2v) is 4.67. The molecule has 0 radical (unpaired) electrons. The molecule has 2 N–H and O–H groups in total. The number of nitrogens with zero attached hydrogens (tertiary/aromatic N) is 1. The minimum Gasteiger partial charge on any atom is -0.465 e. The van der Waals surface area contributed by atoms with Gasteiger partial charge in [-0.25, -0.2) is 4.63 Å². The van der Waals surface area contributed by atoms with Gasteiger partial charge in [0.25, 0.3) is 10.2 Å². The van der Waals surface area contributed by atoms with Crippen molar-refractivity contribution in [3.05, 3.63) is 0 Å². The fourth-order valence-electron chi connectivity index (χ4n) is 0.779. The van der Waals surface area contributed by atoms with Gasteiger partial charge in [0.1, 0.15) is 6.54 Å². The van der Waals surface area contributed by atoms with Gasteiger partial charge < -0.3 is 9.76 Å². The first-order valence-corrected chi connectivity index (χ1v) is 5.81. The number of esters is 1. The van der Waals surface area contributed by atoms with Crippen molar-refractivity contribution in [2.24, 2.45) is 0 Å². The summed E-state index contributed by atoms with van der Waals surface area (Å²) in [7, 11) is -3.84. The van der Waals surface area contributed by atoms with Gasteiger partial charge in [-0.15, -0.1) is 0 Å². The van der Waals surface area contributed by atoms with Gasteiger partial charge in [-0.05, 0) is 13.7 Å². The van der Waals surface area contributed by atoms with Crippen LogP contribution in [0.5, 0.6) is 0 Å². The molecule has 9 heteroatoms. The zero-order chi connectivity index (χ0) is 12.1. The fourth-order valence-corrected chi connectivity index (χ4v) is 1.67. The van der Waals surface area contributed by atoms with Crippen LogP contribution in [0.25, 0.3) is 0 Å². The molecule has 0 atom stereocenters. The quantitative estimate of drug-likeness (QED) is 0.430. The molecule has 0 heterocycles. The molecule has 0 aromatic rings. The van der Waals surface area contributed by atoms with E-state index >= 15 is 0 Å². The van der Waals surface area contributed by atoms with E-state index in [1.165, 1.54) is 13.9 Å². The molecule has 0 aromatic carbocycles. The zero-order valence-corrected chi connectivity index (χ0v) is 9.74. The standard InChI is InChI=1S/C6H15BN2O5S/c1-4-14-6(10)5-9(3)15(12,13)8-7(2)11/h8,11H,4-5H2,1-3H3. The molecule has 15 heavy (non-hydrogen) atoms. The number of ether oxygens (including phenoxy) is 1. The highest BCUT2D eigenvalue weighted by atomic mass is 32.2. The van der Waals surface area contributed by atoms with E-state index < -0.39 is 29.8 Å². The molecule has 88 valence electrons. The Labute approximate surface area is 89.7 Å². The van der Waals surface area contributed by atoms with Gasteiger partial charge in [-0.2, -0.15) is 12.7 Å². The highest BCUT2D eigenvalue weighted by molar-refractivity contribution is 7.88. The lowest BCUT2D eigenvalue weighted by Crippen LogP contribution is -2.46. The molecule has 0 rings (SSSR count). The third-order valence-corrected chi connectivity index (χ3v) is 2.98. The average Bonchev–Trinajstić information content (AvgIpc) is 2.01. The lowest BCUT2D eigenvalue weighted by Gasteiger charge is -2.16. The number of hydrogen-bond acceptors (Lipinski definition) is 5. The topological polar surface area (TPSA) is 95.9 Å². The number of hydrogen-bond donors (Lipinski definition) is 2. The van der Waals surface area contributed by atoms with Gasteiger partial charge in [0, 0.05) is 7.05 Å². The summed E-state index contributed by atoms with van der Waals surface area (Å²) in [5, 5.41) is 8.84. The van der Waals surface area contributed by atoms with Crippen molar-refractivity contribution < 1.29 is 23.0 Å². The Kier molecular flexibility index (Phi) is 5.80. The maximum Gasteiger partial charge on any atom is 0.388 e. The summed E-state index contributed by atoms with van der Waals surface area (Å²) in [6.07, 6.45) is 0. The van der Waals surface area contributed by atoms with Gasteiger partial charge in [0.15, 0.2) is 0 Å². The average molecular weight is 238 g/mol. The summed E-state index contributed by atoms with van der Waals surface area (Å²) in [5.41, 5.74) is 0. The van der Waals surface area contributed by atoms with Crippen LogP contribution >= 0.6 is 0 Å². The summed E-state index contributed by atoms with van der Waals surface area (Å²) in [6.45, 7) is 2.68. The molecule has 0 fully saturated rings. The Bertz CT molecular complexity index is 305. The fraction of sp³-hybridized carbons (Fsp3) is 0.833. The Hall–Kier alpha value is -0.635. The second kappa shape index (κ2) is 6.06. The first-order chi connectivity index (χ1) is 6.79. The van der Waals surface area contributed by atoms with Crippen molar-refractivity contribution in [3.63, 3.8) is 0 Å². The van der Waals surface area contributed by atoms with E-state index in [2.05, 4.69) is 4.74 Å². The Morgan fingerprint density at radius 2 is 2.13 bits per heavy atom. The zero-order valence-electron chi connectivity index (χ0n) is 8.93. The van der Waals surface area contributed by atoms with Crippen LogP contribution in [-0.2, 0) is 19.7 Å². The third-order valence-electron chi connectivity index (χ3n) is 1.39. The van der Waals surface area contributed by atoms with Crippen LogP contribution in [0, 0.1) is 0 Å². The summed E-state index contributed by atoms with van der Waals surface area (Å²) >= 11 is 0. The normalized spacial score (nSPS) is 11.5. The van der Waals surface area contributed by atoms with Crippen LogP contribution in [0.2, 0.25) is 6.82 Å². The summed E-state index contributed by atoms with van der Waals surface area (Å²) in [4.78, 5) is 11.0. The number of carbonyl (C=O) groups is 1. The summed E-state index contributed by atoms with van der Waals surface area (Å²) < 4.78 is 29.9. The van der Waals surface area contributed by atoms with Crippen molar-refractivity contribution in [2.45, 2.75) is 13.7 Å². The van der Waals surface area contributed by atoms with Crippen LogP contribution in [0.3, 0.4) is 0 Å². The van der Waals surface area contributed by atoms with Gasteiger partial charge in [-0.1, -0.05) is 0 Å². The first kappa shape index (κ1) is 14.4. The molecule has 0 saturated carbocycles. The molecule has 0 aliphatic heterocycles. The first-order valence-electron chi connectivity index (χ1n) is 4.37. The lowest BCUT2D eigenvalue weighted by molar-refractivity contribution is -0.143. The van der Waals surface area contributed by atoms with Crippen molar-refractivity contribution in [1.29, 1.82) is 0 Å². The smallest absolute Gasteiger partial charge is 0.388 e. The van der Waals surface area contributed by atoms with E-state index in [4.69, 9.17) is 5.02 Å². The molecule has 0 aliphatic carbocycles. The molecule has 0 spiro atoms. The Morgan fingerprint density at radius 1 is 1.60 bits per heavy atom. The highest BCUT2D eigenvalue weighted by Gasteiger charge is 2.23. The van der Waals surface area contributed by atoms with E-state index in [-0.39, 0.29) is 6.61 Å². The van der Waals surface area contributed by atoms with Gasteiger partial charge in [0.2, 0.25) is 0 Å². The number of nitrogens with one attached hydrogen (secondary N) is 1.